The van der Waals surface area contributed by atoms with E-state index in [0.29, 0.717) is 11.3 Å². The molecule has 0 spiro atoms. The molecule has 24 heavy (non-hydrogen) atoms. The number of carbonyl (C=O) groups is 2. The van der Waals surface area contributed by atoms with Crippen molar-refractivity contribution in [2.75, 3.05) is 12.4 Å². The van der Waals surface area contributed by atoms with Gasteiger partial charge in [-0.15, -0.1) is 0 Å². The summed E-state index contributed by atoms with van der Waals surface area (Å²) in [5.74, 6) is -3.47. The smallest absolute Gasteiger partial charge is 0.442 e. The molecule has 1 atom stereocenters. The Balaban J connectivity index is 2.53. The first-order valence-corrected chi connectivity index (χ1v) is 7.19. The van der Waals surface area contributed by atoms with E-state index in [-0.39, 0.29) is 15.3 Å². The molecule has 2 N–H and O–H groups in total. The number of hydrogen-bond acceptors (Lipinski definition) is 6. The van der Waals surface area contributed by atoms with Crippen LogP contribution >= 0.6 is 11.3 Å². The molecule has 11 heteroatoms. The Hall–Kier alpha value is -2.43. The van der Waals surface area contributed by atoms with Crippen molar-refractivity contribution in [3.05, 3.63) is 24.0 Å². The van der Waals surface area contributed by atoms with Crippen LogP contribution in [0.15, 0.2) is 18.2 Å². The third kappa shape index (κ3) is 3.25. The number of carbonyl (C=O) groups excluding carboxylic acids is 2. The fraction of sp³-hybridized carbons (Fsp3) is 0.308. The number of amides is 1. The topological polar surface area (TPSA) is 80.3 Å². The second kappa shape index (κ2) is 6.23. The molecule has 0 bridgehead atoms. The van der Waals surface area contributed by atoms with E-state index in [0.717, 1.165) is 26.2 Å². The lowest BCUT2D eigenvalue weighted by Gasteiger charge is -2.33. The van der Waals surface area contributed by atoms with Crippen LogP contribution in [0.3, 0.4) is 0 Å². The molecule has 0 saturated carbocycles. The highest BCUT2D eigenvalue weighted by molar-refractivity contribution is 7.22. The van der Waals surface area contributed by atoms with Gasteiger partial charge in [0, 0.05) is 6.92 Å². The second-order valence-corrected chi connectivity index (χ2v) is 5.71. The molecule has 0 radical (unpaired) electrons. The molecule has 130 valence electrons. The zero-order valence-corrected chi connectivity index (χ0v) is 13.1. The quantitative estimate of drug-likeness (QED) is 0.494. The minimum absolute atomic E-state index is 0.229. The number of nitrogens with one attached hydrogen (secondary N) is 2. The van der Waals surface area contributed by atoms with Gasteiger partial charge in [-0.2, -0.15) is 13.2 Å². The maximum absolute atomic E-state index is 13.5. The van der Waals surface area contributed by atoms with Crippen LogP contribution in [0.25, 0.3) is 10.2 Å². The first-order valence-electron chi connectivity index (χ1n) is 6.37. The van der Waals surface area contributed by atoms with E-state index >= 15 is 0 Å². The molecule has 0 aliphatic heterocycles. The maximum atomic E-state index is 13.5. The number of anilines is 1. The number of aromatic nitrogens is 1. The highest BCUT2D eigenvalue weighted by atomic mass is 32.1. The predicted octanol–water partition coefficient (Wildman–Crippen LogP) is 2.42. The summed E-state index contributed by atoms with van der Waals surface area (Å²) >= 11 is 0.688. The normalized spacial score (nSPS) is 14.1. The summed E-state index contributed by atoms with van der Waals surface area (Å²) in [6, 6.07) is 3.46. The second-order valence-electron chi connectivity index (χ2n) is 4.68. The van der Waals surface area contributed by atoms with E-state index in [1.165, 1.54) is 11.4 Å². The number of thiazole rings is 1. The van der Waals surface area contributed by atoms with Crippen molar-refractivity contribution >= 4 is 38.6 Å². The zero-order chi connectivity index (χ0) is 18.1. The van der Waals surface area contributed by atoms with Crippen LogP contribution in [0.2, 0.25) is 0 Å². The van der Waals surface area contributed by atoms with Crippen molar-refractivity contribution in [1.29, 1.82) is 0 Å². The number of methoxy groups -OCH3 is 1. The van der Waals surface area contributed by atoms with E-state index in [4.69, 9.17) is 0 Å². The van der Waals surface area contributed by atoms with Crippen LogP contribution in [0.5, 0.6) is 0 Å². The Morgan fingerprint density at radius 3 is 2.50 bits per heavy atom. The number of fused-ring (bicyclic) bond motifs is 1. The van der Waals surface area contributed by atoms with Crippen molar-refractivity contribution < 1.29 is 31.9 Å². The van der Waals surface area contributed by atoms with Gasteiger partial charge in [-0.3, -0.25) is 4.79 Å². The Morgan fingerprint density at radius 1 is 1.29 bits per heavy atom. The fourth-order valence-electron chi connectivity index (χ4n) is 1.92. The molecule has 2 rings (SSSR count). The minimum Gasteiger partial charge on any atom is -0.466 e. The lowest BCUT2D eigenvalue weighted by atomic mass is 10.1. The molecule has 0 fully saturated rings. The summed E-state index contributed by atoms with van der Waals surface area (Å²) in [6.45, 7) is 0.818. The number of alkyl halides is 3. The number of benzene rings is 1. The summed E-state index contributed by atoms with van der Waals surface area (Å²) in [5.41, 5.74) is -3.28. The zero-order valence-electron chi connectivity index (χ0n) is 12.3. The largest absolute Gasteiger partial charge is 0.466 e. The van der Waals surface area contributed by atoms with Gasteiger partial charge < -0.3 is 15.4 Å². The van der Waals surface area contributed by atoms with Crippen LogP contribution in [-0.2, 0) is 14.3 Å². The Morgan fingerprint density at radius 2 is 1.96 bits per heavy atom. The molecule has 1 aromatic heterocycles. The molecular formula is C13H11F4N3O3S. The van der Waals surface area contributed by atoms with Crippen LogP contribution < -0.4 is 10.6 Å². The number of halogens is 4. The fourth-order valence-corrected chi connectivity index (χ4v) is 2.87. The summed E-state index contributed by atoms with van der Waals surface area (Å²) in [7, 11) is 0.750. The standard InChI is InChI=1S/C13H11F4N3O3S/c1-6(21)19-12(10(22)23-2,13(15,16)17)20-11-18-8-4-3-7(14)5-9(8)24-11/h3-5H,1-2H3,(H,18,20)(H,19,21)/t12-/m1/s1. The number of hydrogen-bond donors (Lipinski definition) is 2. The Kier molecular flexibility index (Phi) is 4.65. The molecule has 6 nitrogen and oxygen atoms in total. The van der Waals surface area contributed by atoms with Crippen molar-refractivity contribution in [1.82, 2.24) is 10.3 Å². The van der Waals surface area contributed by atoms with E-state index < -0.39 is 29.5 Å². The van der Waals surface area contributed by atoms with E-state index in [1.54, 1.807) is 0 Å². The van der Waals surface area contributed by atoms with Gasteiger partial charge in [0.1, 0.15) is 5.82 Å². The van der Waals surface area contributed by atoms with Gasteiger partial charge in [0.25, 0.3) is 0 Å². The number of esters is 1. The monoisotopic (exact) mass is 365 g/mol. The summed E-state index contributed by atoms with van der Waals surface area (Å²) < 4.78 is 58.2. The van der Waals surface area contributed by atoms with Crippen molar-refractivity contribution in [2.45, 2.75) is 18.8 Å². The van der Waals surface area contributed by atoms with E-state index in [1.807, 2.05) is 5.32 Å². The van der Waals surface area contributed by atoms with Crippen LogP contribution in [0, 0.1) is 5.82 Å². The van der Waals surface area contributed by atoms with Gasteiger partial charge in [-0.05, 0) is 18.2 Å². The lowest BCUT2D eigenvalue weighted by molar-refractivity contribution is -0.206. The van der Waals surface area contributed by atoms with Crippen molar-refractivity contribution in [2.24, 2.45) is 0 Å². The average Bonchev–Trinajstić information content (AvgIpc) is 2.85. The lowest BCUT2D eigenvalue weighted by Crippen LogP contribution is -2.69. The van der Waals surface area contributed by atoms with Gasteiger partial charge in [-0.25, -0.2) is 14.2 Å². The van der Waals surface area contributed by atoms with Crippen LogP contribution in [-0.4, -0.2) is 35.8 Å². The number of ether oxygens (including phenoxy) is 1. The van der Waals surface area contributed by atoms with Crippen molar-refractivity contribution in [3.63, 3.8) is 0 Å². The molecule has 2 aromatic rings. The summed E-state index contributed by atoms with van der Waals surface area (Å²) in [5, 5.41) is 3.07. The third-order valence-corrected chi connectivity index (χ3v) is 3.86. The van der Waals surface area contributed by atoms with Gasteiger partial charge in [0.05, 0.1) is 17.3 Å². The first kappa shape index (κ1) is 17.9. The van der Waals surface area contributed by atoms with Gasteiger partial charge >= 0.3 is 17.8 Å². The third-order valence-electron chi connectivity index (χ3n) is 2.93. The highest BCUT2D eigenvalue weighted by Crippen LogP contribution is 2.35. The van der Waals surface area contributed by atoms with Gasteiger partial charge in [-0.1, -0.05) is 11.3 Å². The molecule has 1 heterocycles. The summed E-state index contributed by atoms with van der Waals surface area (Å²) in [4.78, 5) is 26.9. The van der Waals surface area contributed by atoms with Crippen LogP contribution in [0.1, 0.15) is 6.92 Å². The molecule has 0 unspecified atom stereocenters. The molecule has 0 aliphatic carbocycles. The molecule has 1 amide bonds. The summed E-state index contributed by atoms with van der Waals surface area (Å²) in [6.07, 6.45) is -5.23. The predicted molar refractivity (Wildman–Crippen MR) is 77.8 cm³/mol. The first-order chi connectivity index (χ1) is 11.1. The van der Waals surface area contributed by atoms with Crippen LogP contribution in [0.4, 0.5) is 22.7 Å². The van der Waals surface area contributed by atoms with E-state index in [9.17, 15) is 27.2 Å². The highest BCUT2D eigenvalue weighted by Gasteiger charge is 2.63. The maximum Gasteiger partial charge on any atom is 0.442 e. The molecular weight excluding hydrogens is 354 g/mol. The number of rotatable bonds is 4. The molecule has 0 aliphatic rings. The SMILES string of the molecule is COC(=O)[C@@](NC(C)=O)(Nc1nc2ccc(F)cc2s1)C(F)(F)F. The Bertz CT molecular complexity index is 792. The van der Waals surface area contributed by atoms with Crippen molar-refractivity contribution in [3.8, 4) is 0 Å². The van der Waals surface area contributed by atoms with Gasteiger partial charge in [0.2, 0.25) is 5.91 Å². The minimum atomic E-state index is -5.23. The van der Waals surface area contributed by atoms with E-state index in [2.05, 4.69) is 9.72 Å². The number of nitrogens with zero attached hydrogens (tertiary/aromatic N) is 1. The Labute approximate surface area is 136 Å². The molecule has 1 aromatic carbocycles. The van der Waals surface area contributed by atoms with Gasteiger partial charge in [0.15, 0.2) is 5.13 Å². The molecule has 0 saturated heterocycles. The average molecular weight is 365 g/mol.